The second-order valence-electron chi connectivity index (χ2n) is 4.79. The Labute approximate surface area is 90.7 Å². The van der Waals surface area contributed by atoms with Crippen molar-refractivity contribution in [3.05, 3.63) is 29.3 Å². The fourth-order valence-corrected chi connectivity index (χ4v) is 2.58. The Morgan fingerprint density at radius 2 is 1.93 bits per heavy atom. The molecule has 1 nitrogen and oxygen atoms in total. The Balaban J connectivity index is 2.22. The summed E-state index contributed by atoms with van der Waals surface area (Å²) in [6, 6.07) is 1.91. The Hall–Kier alpha value is -0.920. The van der Waals surface area contributed by atoms with Crippen LogP contribution in [0.2, 0.25) is 0 Å². The predicted octanol–water partition coefficient (Wildman–Crippen LogP) is 3.82. The molecule has 1 aliphatic rings. The van der Waals surface area contributed by atoms with Crippen LogP contribution >= 0.6 is 0 Å². The first kappa shape index (κ1) is 10.6. The molecule has 1 heterocycles. The Morgan fingerprint density at radius 1 is 1.27 bits per heavy atom. The first-order valence-electron chi connectivity index (χ1n) is 5.79. The summed E-state index contributed by atoms with van der Waals surface area (Å²) in [4.78, 5) is 3.77. The number of aryl methyl sites for hydroxylation is 1. The van der Waals surface area contributed by atoms with E-state index in [2.05, 4.69) is 11.9 Å². The average molecular weight is 207 g/mol. The predicted molar refractivity (Wildman–Crippen MR) is 59.3 cm³/mol. The molecule has 0 unspecified atom stereocenters. The number of halogens is 1. The smallest absolute Gasteiger partial charge is 0.216 e. The zero-order valence-electron chi connectivity index (χ0n) is 9.46. The number of rotatable bonds is 1. The molecule has 0 aromatic carbocycles. The number of pyridine rings is 1. The summed E-state index contributed by atoms with van der Waals surface area (Å²) in [5.74, 6) is 0.950. The van der Waals surface area contributed by atoms with Crippen LogP contribution in [0.25, 0.3) is 0 Å². The zero-order chi connectivity index (χ0) is 10.8. The van der Waals surface area contributed by atoms with Crippen molar-refractivity contribution in [2.45, 2.75) is 45.4 Å². The van der Waals surface area contributed by atoms with Gasteiger partial charge >= 0.3 is 0 Å². The van der Waals surface area contributed by atoms with Crippen LogP contribution in [0.5, 0.6) is 0 Å². The van der Waals surface area contributed by atoms with Crippen molar-refractivity contribution in [3.63, 3.8) is 0 Å². The second-order valence-corrected chi connectivity index (χ2v) is 4.79. The van der Waals surface area contributed by atoms with Gasteiger partial charge in [-0.1, -0.05) is 19.8 Å². The van der Waals surface area contributed by atoms with Gasteiger partial charge in [-0.05, 0) is 43.2 Å². The van der Waals surface area contributed by atoms with E-state index in [9.17, 15) is 4.39 Å². The van der Waals surface area contributed by atoms with Crippen LogP contribution in [0.4, 0.5) is 4.39 Å². The molecule has 1 saturated carbocycles. The molecule has 0 saturated heterocycles. The fraction of sp³-hybridized carbons (Fsp3) is 0.615. The van der Waals surface area contributed by atoms with Crippen LogP contribution in [0.1, 0.15) is 49.7 Å². The summed E-state index contributed by atoms with van der Waals surface area (Å²) < 4.78 is 13.6. The van der Waals surface area contributed by atoms with Crippen molar-refractivity contribution in [1.82, 2.24) is 4.98 Å². The molecule has 1 fully saturated rings. The van der Waals surface area contributed by atoms with Crippen LogP contribution in [0, 0.1) is 18.8 Å². The van der Waals surface area contributed by atoms with E-state index in [-0.39, 0.29) is 5.95 Å². The third-order valence-corrected chi connectivity index (χ3v) is 3.58. The van der Waals surface area contributed by atoms with Crippen molar-refractivity contribution in [1.29, 1.82) is 0 Å². The third kappa shape index (κ3) is 2.19. The summed E-state index contributed by atoms with van der Waals surface area (Å²) in [5, 5.41) is 0. The molecule has 15 heavy (non-hydrogen) atoms. The lowest BCUT2D eigenvalue weighted by atomic mass is 9.79. The van der Waals surface area contributed by atoms with Crippen molar-refractivity contribution in [2.75, 3.05) is 0 Å². The standard InChI is InChI=1S/C13H18FN/c1-9-3-5-11(6-4-9)12-10(2)7-8-15-13(12)14/h7-9,11H,3-6H2,1-2H3. The van der Waals surface area contributed by atoms with Crippen LogP contribution in [0.3, 0.4) is 0 Å². The van der Waals surface area contributed by atoms with Gasteiger partial charge in [-0.2, -0.15) is 4.39 Å². The average Bonchev–Trinajstić information content (AvgIpc) is 2.20. The lowest BCUT2D eigenvalue weighted by Crippen LogP contribution is -2.13. The summed E-state index contributed by atoms with van der Waals surface area (Å²) in [6.07, 6.45) is 6.23. The van der Waals surface area contributed by atoms with Crippen LogP contribution in [-0.4, -0.2) is 4.98 Å². The van der Waals surface area contributed by atoms with E-state index in [4.69, 9.17) is 0 Å². The maximum Gasteiger partial charge on any atom is 0.216 e. The zero-order valence-corrected chi connectivity index (χ0v) is 9.46. The van der Waals surface area contributed by atoms with E-state index in [1.165, 1.54) is 12.8 Å². The molecule has 0 spiro atoms. The molecular weight excluding hydrogens is 189 g/mol. The van der Waals surface area contributed by atoms with Gasteiger partial charge in [-0.15, -0.1) is 0 Å². The lowest BCUT2D eigenvalue weighted by Gasteiger charge is -2.27. The first-order chi connectivity index (χ1) is 7.18. The number of hydrogen-bond acceptors (Lipinski definition) is 1. The summed E-state index contributed by atoms with van der Waals surface area (Å²) in [5.41, 5.74) is 1.92. The van der Waals surface area contributed by atoms with Gasteiger partial charge in [0.25, 0.3) is 0 Å². The summed E-state index contributed by atoms with van der Waals surface area (Å²) in [6.45, 7) is 4.26. The largest absolute Gasteiger partial charge is 0.228 e. The van der Waals surface area contributed by atoms with E-state index in [1.54, 1.807) is 6.20 Å². The van der Waals surface area contributed by atoms with Gasteiger partial charge in [-0.25, -0.2) is 4.98 Å². The van der Waals surface area contributed by atoms with Gasteiger partial charge in [-0.3, -0.25) is 0 Å². The van der Waals surface area contributed by atoms with E-state index >= 15 is 0 Å². The number of aromatic nitrogens is 1. The van der Waals surface area contributed by atoms with E-state index in [0.29, 0.717) is 5.92 Å². The Morgan fingerprint density at radius 3 is 2.53 bits per heavy atom. The van der Waals surface area contributed by atoms with Crippen molar-refractivity contribution >= 4 is 0 Å². The number of hydrogen-bond donors (Lipinski definition) is 0. The molecular formula is C13H18FN. The molecule has 2 rings (SSSR count). The van der Waals surface area contributed by atoms with Gasteiger partial charge in [0.2, 0.25) is 5.95 Å². The van der Waals surface area contributed by atoms with Crippen molar-refractivity contribution in [3.8, 4) is 0 Å². The molecule has 1 aromatic rings. The topological polar surface area (TPSA) is 12.9 Å². The summed E-state index contributed by atoms with van der Waals surface area (Å²) in [7, 11) is 0. The highest BCUT2D eigenvalue weighted by Crippen LogP contribution is 2.37. The Bertz CT molecular complexity index is 320. The van der Waals surface area contributed by atoms with Gasteiger partial charge in [0.1, 0.15) is 0 Å². The van der Waals surface area contributed by atoms with E-state index in [1.807, 2.05) is 13.0 Å². The van der Waals surface area contributed by atoms with Crippen LogP contribution in [0.15, 0.2) is 12.3 Å². The van der Waals surface area contributed by atoms with Crippen LogP contribution in [-0.2, 0) is 0 Å². The second kappa shape index (κ2) is 4.30. The highest BCUT2D eigenvalue weighted by Gasteiger charge is 2.23. The van der Waals surface area contributed by atoms with Gasteiger partial charge in [0.15, 0.2) is 0 Å². The minimum atomic E-state index is -0.255. The maximum atomic E-state index is 13.6. The molecule has 0 N–H and O–H groups in total. The van der Waals surface area contributed by atoms with E-state index < -0.39 is 0 Å². The highest BCUT2D eigenvalue weighted by molar-refractivity contribution is 5.27. The molecule has 1 aliphatic carbocycles. The van der Waals surface area contributed by atoms with E-state index in [0.717, 1.165) is 29.9 Å². The van der Waals surface area contributed by atoms with Gasteiger partial charge in [0, 0.05) is 11.8 Å². The Kier molecular flexibility index (Phi) is 3.03. The molecule has 2 heteroatoms. The normalized spacial score (nSPS) is 26.6. The molecule has 0 bridgehead atoms. The van der Waals surface area contributed by atoms with Gasteiger partial charge in [0.05, 0.1) is 0 Å². The number of nitrogens with zero attached hydrogens (tertiary/aromatic N) is 1. The third-order valence-electron chi connectivity index (χ3n) is 3.58. The quantitative estimate of drug-likeness (QED) is 0.638. The molecule has 0 radical (unpaired) electrons. The SMILES string of the molecule is Cc1ccnc(F)c1C1CCC(C)CC1. The molecule has 0 atom stereocenters. The maximum absolute atomic E-state index is 13.6. The molecule has 1 aromatic heterocycles. The monoisotopic (exact) mass is 207 g/mol. The lowest BCUT2D eigenvalue weighted by molar-refractivity contribution is 0.339. The minimum absolute atomic E-state index is 0.255. The summed E-state index contributed by atoms with van der Waals surface area (Å²) >= 11 is 0. The van der Waals surface area contributed by atoms with Crippen molar-refractivity contribution in [2.24, 2.45) is 5.92 Å². The first-order valence-corrected chi connectivity index (χ1v) is 5.79. The highest BCUT2D eigenvalue weighted by atomic mass is 19.1. The molecule has 82 valence electrons. The molecule has 0 aliphatic heterocycles. The fourth-order valence-electron chi connectivity index (χ4n) is 2.58. The van der Waals surface area contributed by atoms with Gasteiger partial charge < -0.3 is 0 Å². The minimum Gasteiger partial charge on any atom is -0.228 e. The van der Waals surface area contributed by atoms with Crippen LogP contribution < -0.4 is 0 Å². The molecule has 0 amide bonds. The van der Waals surface area contributed by atoms with Crippen molar-refractivity contribution < 1.29 is 4.39 Å².